The predicted octanol–water partition coefficient (Wildman–Crippen LogP) is 3.85. The van der Waals surface area contributed by atoms with E-state index < -0.39 is 15.3 Å². The Kier molecular flexibility index (Phi) is 11.7. The maximum Gasteiger partial charge on any atom is 0.419 e. The fourth-order valence-corrected chi connectivity index (χ4v) is 3.61. The van der Waals surface area contributed by atoms with E-state index in [1.165, 1.54) is 0 Å². The van der Waals surface area contributed by atoms with Crippen molar-refractivity contribution < 1.29 is 18.8 Å². The molecule has 0 aliphatic rings. The number of hydrogen-bond donors (Lipinski definition) is 1. The van der Waals surface area contributed by atoms with E-state index in [4.69, 9.17) is 8.85 Å². The molecule has 0 aliphatic carbocycles. The van der Waals surface area contributed by atoms with Crippen LogP contribution in [0.5, 0.6) is 0 Å². The topological polar surface area (TPSA) is 55.8 Å². The molecular formula is C15H29O4Si. The number of allylic oxidation sites excluding steroid dienone is 1. The van der Waals surface area contributed by atoms with Gasteiger partial charge in [0.25, 0.3) is 0 Å². The summed E-state index contributed by atoms with van der Waals surface area (Å²) in [7, 11) is -1.64. The zero-order valence-corrected chi connectivity index (χ0v) is 14.3. The van der Waals surface area contributed by atoms with E-state index in [1.807, 2.05) is 6.92 Å². The van der Waals surface area contributed by atoms with Crippen LogP contribution < -0.4 is 0 Å². The van der Waals surface area contributed by atoms with Gasteiger partial charge in [-0.05, 0) is 31.4 Å². The molecule has 0 saturated heterocycles. The lowest BCUT2D eigenvalue weighted by Crippen LogP contribution is -2.29. The molecule has 0 heterocycles. The average molecular weight is 301 g/mol. The molecule has 0 saturated carbocycles. The number of hydrogen-bond acceptors (Lipinski definition) is 3. The molecule has 0 amide bonds. The van der Waals surface area contributed by atoms with Crippen molar-refractivity contribution in [3.05, 3.63) is 10.8 Å². The van der Waals surface area contributed by atoms with Crippen LogP contribution in [0.3, 0.4) is 0 Å². The van der Waals surface area contributed by atoms with Crippen LogP contribution in [0.2, 0.25) is 0 Å². The minimum absolute atomic E-state index is 0.397. The molecule has 0 aromatic heterocycles. The summed E-state index contributed by atoms with van der Waals surface area (Å²) >= 11 is 0. The molecule has 0 aromatic carbocycles. The SMILES string of the molecule is CCCCO[Si](OCCCC)/C(CCC)=C(\C)C(=O)O. The Morgan fingerprint density at radius 1 is 1.00 bits per heavy atom. The van der Waals surface area contributed by atoms with E-state index in [2.05, 4.69) is 13.8 Å². The van der Waals surface area contributed by atoms with E-state index in [-0.39, 0.29) is 0 Å². The standard InChI is InChI=1S/C15H29O4Si/c1-5-8-11-18-20(19-12-9-6-2)14(10-7-3)13(4)15(16)17/h5-12H2,1-4H3,(H,16,17)/b14-13+. The zero-order chi connectivity index (χ0) is 15.4. The second-order valence-corrected chi connectivity index (χ2v) is 6.61. The lowest BCUT2D eigenvalue weighted by atomic mass is 10.2. The fraction of sp³-hybridized carbons (Fsp3) is 0.800. The van der Waals surface area contributed by atoms with Crippen LogP contribution >= 0.6 is 0 Å². The van der Waals surface area contributed by atoms with Crippen molar-refractivity contribution >= 4 is 15.3 Å². The Morgan fingerprint density at radius 3 is 1.85 bits per heavy atom. The summed E-state index contributed by atoms with van der Waals surface area (Å²) in [6.07, 6.45) is 5.74. The van der Waals surface area contributed by atoms with Crippen LogP contribution in [-0.2, 0) is 13.6 Å². The van der Waals surface area contributed by atoms with Crippen molar-refractivity contribution in [2.75, 3.05) is 13.2 Å². The van der Waals surface area contributed by atoms with Crippen molar-refractivity contribution in [3.63, 3.8) is 0 Å². The first-order valence-electron chi connectivity index (χ1n) is 7.64. The Morgan fingerprint density at radius 2 is 1.50 bits per heavy atom. The highest BCUT2D eigenvalue weighted by Gasteiger charge is 2.25. The van der Waals surface area contributed by atoms with Crippen LogP contribution in [0.25, 0.3) is 0 Å². The number of aliphatic carboxylic acids is 1. The molecule has 0 aromatic rings. The fourth-order valence-electron chi connectivity index (χ4n) is 1.66. The molecule has 0 aliphatic heterocycles. The van der Waals surface area contributed by atoms with Gasteiger partial charge in [0, 0.05) is 18.8 Å². The first kappa shape index (κ1) is 19.3. The van der Waals surface area contributed by atoms with E-state index in [0.29, 0.717) is 18.8 Å². The van der Waals surface area contributed by atoms with Crippen molar-refractivity contribution in [2.45, 2.75) is 66.2 Å². The average Bonchev–Trinajstić information content (AvgIpc) is 2.43. The highest BCUT2D eigenvalue weighted by atomic mass is 28.3. The number of carboxylic acids is 1. The van der Waals surface area contributed by atoms with Crippen molar-refractivity contribution in [1.29, 1.82) is 0 Å². The minimum Gasteiger partial charge on any atom is -0.478 e. The molecule has 0 atom stereocenters. The van der Waals surface area contributed by atoms with Crippen molar-refractivity contribution in [2.24, 2.45) is 0 Å². The van der Waals surface area contributed by atoms with Crippen LogP contribution in [0.1, 0.15) is 66.2 Å². The van der Waals surface area contributed by atoms with Crippen LogP contribution in [0, 0.1) is 0 Å². The summed E-state index contributed by atoms with van der Waals surface area (Å²) in [6.45, 7) is 9.23. The quantitative estimate of drug-likeness (QED) is 0.338. The minimum atomic E-state index is -1.64. The van der Waals surface area contributed by atoms with Gasteiger partial charge in [-0.2, -0.15) is 0 Å². The second kappa shape index (κ2) is 12.1. The second-order valence-electron chi connectivity index (χ2n) is 4.85. The monoisotopic (exact) mass is 301 g/mol. The van der Waals surface area contributed by atoms with Gasteiger partial charge < -0.3 is 14.0 Å². The Labute approximate surface area is 125 Å². The normalized spacial score (nSPS) is 12.7. The van der Waals surface area contributed by atoms with E-state index in [1.54, 1.807) is 6.92 Å². The van der Waals surface area contributed by atoms with Gasteiger partial charge in [-0.25, -0.2) is 4.79 Å². The highest BCUT2D eigenvalue weighted by Crippen LogP contribution is 2.18. The van der Waals surface area contributed by atoms with Gasteiger partial charge in [0.15, 0.2) is 0 Å². The molecule has 20 heavy (non-hydrogen) atoms. The van der Waals surface area contributed by atoms with Gasteiger partial charge >= 0.3 is 15.3 Å². The van der Waals surface area contributed by atoms with E-state index >= 15 is 0 Å². The summed E-state index contributed by atoms with van der Waals surface area (Å²) in [5.74, 6) is -0.867. The third-order valence-electron chi connectivity index (χ3n) is 2.98. The van der Waals surface area contributed by atoms with Crippen LogP contribution in [0.4, 0.5) is 0 Å². The van der Waals surface area contributed by atoms with E-state index in [9.17, 15) is 9.90 Å². The zero-order valence-electron chi connectivity index (χ0n) is 13.3. The molecule has 5 heteroatoms. The molecule has 0 spiro atoms. The van der Waals surface area contributed by atoms with Crippen molar-refractivity contribution in [1.82, 2.24) is 0 Å². The summed E-state index contributed by atoms with van der Waals surface area (Å²) in [5.41, 5.74) is 0.397. The van der Waals surface area contributed by atoms with Gasteiger partial charge in [0.05, 0.1) is 0 Å². The number of rotatable bonds is 12. The number of carboxylic acid groups (broad SMARTS) is 1. The molecule has 4 nitrogen and oxygen atoms in total. The summed E-state index contributed by atoms with van der Waals surface area (Å²) in [4.78, 5) is 11.2. The Hall–Kier alpha value is -0.653. The Balaban J connectivity index is 4.88. The van der Waals surface area contributed by atoms with Crippen molar-refractivity contribution in [3.8, 4) is 0 Å². The smallest absolute Gasteiger partial charge is 0.419 e. The molecule has 1 N–H and O–H groups in total. The third kappa shape index (κ3) is 7.82. The van der Waals surface area contributed by atoms with Gasteiger partial charge in [-0.15, -0.1) is 0 Å². The number of unbranched alkanes of at least 4 members (excludes halogenated alkanes) is 2. The molecule has 0 bridgehead atoms. The maximum atomic E-state index is 11.2. The maximum absolute atomic E-state index is 11.2. The summed E-state index contributed by atoms with van der Waals surface area (Å²) < 4.78 is 11.7. The molecule has 0 unspecified atom stereocenters. The van der Waals surface area contributed by atoms with Crippen LogP contribution in [-0.4, -0.2) is 33.6 Å². The first-order valence-corrected chi connectivity index (χ1v) is 8.95. The number of carbonyl (C=O) groups is 1. The summed E-state index contributed by atoms with van der Waals surface area (Å²) in [6, 6.07) is 0. The lowest BCUT2D eigenvalue weighted by Gasteiger charge is -2.19. The first-order chi connectivity index (χ1) is 9.58. The Bertz CT molecular complexity index is 292. The third-order valence-corrected chi connectivity index (χ3v) is 5.03. The lowest BCUT2D eigenvalue weighted by molar-refractivity contribution is -0.132. The van der Waals surface area contributed by atoms with E-state index in [0.717, 1.165) is 43.7 Å². The molecule has 1 radical (unpaired) electrons. The van der Waals surface area contributed by atoms with Gasteiger partial charge in [-0.3, -0.25) is 0 Å². The molecule has 0 rings (SSSR count). The molecule has 117 valence electrons. The summed E-state index contributed by atoms with van der Waals surface area (Å²) in [5, 5.41) is 10.1. The van der Waals surface area contributed by atoms with Gasteiger partial charge in [0.2, 0.25) is 0 Å². The molecular weight excluding hydrogens is 272 g/mol. The van der Waals surface area contributed by atoms with Gasteiger partial charge in [0.1, 0.15) is 0 Å². The van der Waals surface area contributed by atoms with Crippen LogP contribution in [0.15, 0.2) is 10.8 Å². The van der Waals surface area contributed by atoms with Gasteiger partial charge in [-0.1, -0.05) is 40.0 Å². The highest BCUT2D eigenvalue weighted by molar-refractivity contribution is 6.54. The predicted molar refractivity (Wildman–Crippen MR) is 82.7 cm³/mol. The largest absolute Gasteiger partial charge is 0.478 e. The molecule has 0 fully saturated rings.